The van der Waals surface area contributed by atoms with Crippen molar-refractivity contribution in [2.75, 3.05) is 6.54 Å². The highest BCUT2D eigenvalue weighted by Crippen LogP contribution is 2.52. The number of hydrogen-bond donors (Lipinski definition) is 2. The monoisotopic (exact) mass is 455 g/mol. The minimum atomic E-state index is -3.50. The van der Waals surface area contributed by atoms with Crippen LogP contribution in [0.15, 0.2) is 45.8 Å². The van der Waals surface area contributed by atoms with Crippen molar-refractivity contribution in [1.82, 2.24) is 4.72 Å². The lowest BCUT2D eigenvalue weighted by atomic mass is 9.79. The first kappa shape index (κ1) is 20.6. The van der Waals surface area contributed by atoms with Crippen LogP contribution in [0.3, 0.4) is 0 Å². The quantitative estimate of drug-likeness (QED) is 0.431. The molecule has 0 amide bonds. The van der Waals surface area contributed by atoms with Gasteiger partial charge in [0.15, 0.2) is 0 Å². The Kier molecular flexibility index (Phi) is 6.76. The molecule has 148 valence electrons. The zero-order chi connectivity index (χ0) is 19.4. The predicted octanol–water partition coefficient (Wildman–Crippen LogP) is 4.20. The third-order valence-corrected chi connectivity index (χ3v) is 7.88. The van der Waals surface area contributed by atoms with Gasteiger partial charge in [-0.25, -0.2) is 13.1 Å². The first-order valence-corrected chi connectivity index (χ1v) is 11.8. The summed E-state index contributed by atoms with van der Waals surface area (Å²) in [6.07, 6.45) is 9.47. The Balaban J connectivity index is 1.59. The average molecular weight is 456 g/mol. The summed E-state index contributed by atoms with van der Waals surface area (Å²) in [4.78, 5) is 10.9. The molecule has 0 heterocycles. The first-order chi connectivity index (χ1) is 12.9. The summed E-state index contributed by atoms with van der Waals surface area (Å²) >= 11 is 3.32. The number of fused-ring (bicyclic) bond motifs is 2. The lowest BCUT2D eigenvalue weighted by Crippen LogP contribution is -2.35. The molecule has 1 aromatic rings. The molecule has 0 aromatic heterocycles. The van der Waals surface area contributed by atoms with E-state index >= 15 is 0 Å². The van der Waals surface area contributed by atoms with Gasteiger partial charge in [-0.2, -0.15) is 0 Å². The van der Waals surface area contributed by atoms with Crippen LogP contribution in [0.5, 0.6) is 0 Å². The van der Waals surface area contributed by atoms with Crippen molar-refractivity contribution in [3.63, 3.8) is 0 Å². The van der Waals surface area contributed by atoms with Gasteiger partial charge in [0.2, 0.25) is 10.0 Å². The number of aliphatic carboxylic acids is 1. The molecular weight excluding hydrogens is 430 g/mol. The zero-order valence-corrected chi connectivity index (χ0v) is 17.6. The molecule has 2 aliphatic rings. The standard InChI is InChI=1S/C20H26BrNO4S/c21-16-8-10-17(11-9-16)27(25,26)22-13-19-15-7-6-14(12-15)18(19)4-2-1-3-5-20(23)24/h2,4,8-11,14-15,18-19,22H,1,3,5-7,12-13H2,(H,23,24)/b4-2-. The molecule has 0 radical (unpaired) electrons. The number of allylic oxidation sites excluding steroid dienone is 2. The van der Waals surface area contributed by atoms with Crippen LogP contribution >= 0.6 is 15.9 Å². The van der Waals surface area contributed by atoms with Crippen LogP contribution in [0.25, 0.3) is 0 Å². The van der Waals surface area contributed by atoms with Gasteiger partial charge in [-0.05, 0) is 80.0 Å². The molecule has 0 spiro atoms. The Morgan fingerprint density at radius 1 is 1.22 bits per heavy atom. The van der Waals surface area contributed by atoms with Crippen LogP contribution in [-0.2, 0) is 14.8 Å². The molecule has 2 N–H and O–H groups in total. The maximum atomic E-state index is 12.6. The number of rotatable bonds is 9. The molecule has 5 nitrogen and oxygen atoms in total. The van der Waals surface area contributed by atoms with Gasteiger partial charge >= 0.3 is 5.97 Å². The summed E-state index contributed by atoms with van der Waals surface area (Å²) in [6.45, 7) is 0.462. The molecule has 2 bridgehead atoms. The van der Waals surface area contributed by atoms with Gasteiger partial charge in [0.05, 0.1) is 4.90 Å². The first-order valence-electron chi connectivity index (χ1n) is 9.50. The third kappa shape index (κ3) is 5.21. The van der Waals surface area contributed by atoms with Crippen LogP contribution in [0.4, 0.5) is 0 Å². The molecule has 3 rings (SSSR count). The van der Waals surface area contributed by atoms with Crippen LogP contribution in [0, 0.1) is 23.7 Å². The van der Waals surface area contributed by atoms with Gasteiger partial charge in [-0.1, -0.05) is 28.1 Å². The van der Waals surface area contributed by atoms with E-state index in [2.05, 4.69) is 32.8 Å². The lowest BCUT2D eigenvalue weighted by molar-refractivity contribution is -0.137. The van der Waals surface area contributed by atoms with Gasteiger partial charge in [0.1, 0.15) is 0 Å². The van der Waals surface area contributed by atoms with Crippen molar-refractivity contribution in [3.8, 4) is 0 Å². The van der Waals surface area contributed by atoms with E-state index in [-0.39, 0.29) is 11.3 Å². The van der Waals surface area contributed by atoms with Crippen molar-refractivity contribution in [2.24, 2.45) is 23.7 Å². The lowest BCUT2D eigenvalue weighted by Gasteiger charge is -2.29. The van der Waals surface area contributed by atoms with Crippen molar-refractivity contribution in [2.45, 2.75) is 43.4 Å². The highest BCUT2D eigenvalue weighted by molar-refractivity contribution is 9.10. The average Bonchev–Trinajstić information content (AvgIpc) is 3.21. The minimum Gasteiger partial charge on any atom is -0.481 e. The number of carboxylic acids is 1. The smallest absolute Gasteiger partial charge is 0.303 e. The number of halogens is 1. The number of nitrogens with one attached hydrogen (secondary N) is 1. The number of unbranched alkanes of at least 4 members (excludes halogenated alkanes) is 1. The second-order valence-electron chi connectivity index (χ2n) is 7.59. The Labute approximate surface area is 169 Å². The normalized spacial score (nSPS) is 27.4. The fourth-order valence-corrected chi connectivity index (χ4v) is 5.92. The summed E-state index contributed by atoms with van der Waals surface area (Å²) in [6, 6.07) is 6.67. The SMILES string of the molecule is O=C(O)CCC/C=C\C1C2CCC(C2)C1CNS(=O)(=O)c1ccc(Br)cc1. The van der Waals surface area contributed by atoms with E-state index in [1.807, 2.05) is 0 Å². The van der Waals surface area contributed by atoms with Gasteiger partial charge in [-0.15, -0.1) is 0 Å². The van der Waals surface area contributed by atoms with Gasteiger partial charge in [-0.3, -0.25) is 4.79 Å². The molecular formula is C20H26BrNO4S. The number of carboxylic acid groups (broad SMARTS) is 1. The van der Waals surface area contributed by atoms with Crippen molar-refractivity contribution < 1.29 is 18.3 Å². The molecule has 0 aliphatic heterocycles. The molecule has 1 aromatic carbocycles. The summed E-state index contributed by atoms with van der Waals surface area (Å²) in [7, 11) is -3.50. The van der Waals surface area contributed by atoms with E-state index in [1.54, 1.807) is 24.3 Å². The Morgan fingerprint density at radius 3 is 2.63 bits per heavy atom. The molecule has 2 fully saturated rings. The van der Waals surface area contributed by atoms with Crippen molar-refractivity contribution in [1.29, 1.82) is 0 Å². The van der Waals surface area contributed by atoms with Gasteiger partial charge < -0.3 is 5.11 Å². The topological polar surface area (TPSA) is 83.5 Å². The maximum absolute atomic E-state index is 12.6. The van der Waals surface area contributed by atoms with Crippen LogP contribution < -0.4 is 4.72 Å². The molecule has 4 unspecified atom stereocenters. The van der Waals surface area contributed by atoms with Gasteiger partial charge in [0, 0.05) is 17.4 Å². The summed E-state index contributed by atoms with van der Waals surface area (Å²) in [5, 5.41) is 8.72. The van der Waals surface area contributed by atoms with Crippen molar-refractivity contribution >= 4 is 31.9 Å². The van der Waals surface area contributed by atoms with Crippen LogP contribution in [0.2, 0.25) is 0 Å². The Bertz CT molecular complexity index is 791. The summed E-state index contributed by atoms with van der Waals surface area (Å²) < 4.78 is 28.8. The third-order valence-electron chi connectivity index (χ3n) is 5.91. The number of carbonyl (C=O) groups is 1. The van der Waals surface area contributed by atoms with Crippen molar-refractivity contribution in [3.05, 3.63) is 40.9 Å². The zero-order valence-electron chi connectivity index (χ0n) is 15.2. The maximum Gasteiger partial charge on any atom is 0.303 e. The molecule has 4 atom stereocenters. The molecule has 7 heteroatoms. The molecule has 27 heavy (non-hydrogen) atoms. The number of hydrogen-bond acceptors (Lipinski definition) is 3. The van der Waals surface area contributed by atoms with Crippen LogP contribution in [0.1, 0.15) is 38.5 Å². The van der Waals surface area contributed by atoms with E-state index in [0.717, 1.165) is 10.9 Å². The van der Waals surface area contributed by atoms with E-state index < -0.39 is 16.0 Å². The molecule has 2 aliphatic carbocycles. The van der Waals surface area contributed by atoms with E-state index in [0.29, 0.717) is 36.6 Å². The van der Waals surface area contributed by atoms with E-state index in [1.165, 1.54) is 19.3 Å². The second kappa shape index (κ2) is 8.88. The second-order valence-corrected chi connectivity index (χ2v) is 10.3. The highest BCUT2D eigenvalue weighted by Gasteiger charge is 2.46. The van der Waals surface area contributed by atoms with E-state index in [4.69, 9.17) is 5.11 Å². The highest BCUT2D eigenvalue weighted by atomic mass is 79.9. The number of benzene rings is 1. The summed E-state index contributed by atoms with van der Waals surface area (Å²) in [5.74, 6) is 1.17. The fraction of sp³-hybridized carbons (Fsp3) is 0.550. The van der Waals surface area contributed by atoms with Crippen LogP contribution in [-0.4, -0.2) is 26.0 Å². The molecule has 0 saturated heterocycles. The van der Waals surface area contributed by atoms with E-state index in [9.17, 15) is 13.2 Å². The fourth-order valence-electron chi connectivity index (χ4n) is 4.59. The Hall–Kier alpha value is -1.18. The largest absolute Gasteiger partial charge is 0.481 e. The number of sulfonamides is 1. The minimum absolute atomic E-state index is 0.192. The molecule has 2 saturated carbocycles. The Morgan fingerprint density at radius 2 is 1.93 bits per heavy atom. The predicted molar refractivity (Wildman–Crippen MR) is 108 cm³/mol. The summed E-state index contributed by atoms with van der Waals surface area (Å²) in [5.41, 5.74) is 0. The van der Waals surface area contributed by atoms with Gasteiger partial charge in [0.25, 0.3) is 0 Å².